The largest absolute Gasteiger partial charge is 0.476 e. The molecule has 1 N–H and O–H groups in total. The maximum atomic E-state index is 11.5. The number of carbonyl (C=O) groups is 2. The number of benzene rings is 1. The summed E-state index contributed by atoms with van der Waals surface area (Å²) in [5.41, 5.74) is 1.25. The van der Waals surface area contributed by atoms with Crippen molar-refractivity contribution in [1.82, 2.24) is 4.98 Å². The maximum absolute atomic E-state index is 11.5. The van der Waals surface area contributed by atoms with Gasteiger partial charge in [0, 0.05) is 10.9 Å². The van der Waals surface area contributed by atoms with Crippen LogP contribution in [0.4, 0.5) is 0 Å². The number of aromatic carboxylic acids is 1. The van der Waals surface area contributed by atoms with Gasteiger partial charge in [0.15, 0.2) is 5.69 Å². The van der Waals surface area contributed by atoms with Crippen molar-refractivity contribution in [2.75, 3.05) is 6.61 Å². The first-order chi connectivity index (χ1) is 9.11. The molecule has 2 rings (SSSR count). The van der Waals surface area contributed by atoms with Gasteiger partial charge in [0.2, 0.25) is 0 Å². The van der Waals surface area contributed by atoms with E-state index < -0.39 is 5.97 Å². The Hall–Kier alpha value is -2.21. The monoisotopic (exact) mass is 277 g/mol. The van der Waals surface area contributed by atoms with E-state index in [2.05, 4.69) is 4.98 Å². The molecular weight excluding hydrogens is 266 g/mol. The number of ether oxygens (including phenoxy) is 1. The lowest BCUT2D eigenvalue weighted by Gasteiger charge is -2.02. The second kappa shape index (κ2) is 5.62. The SMILES string of the molecule is CCOC(=O)c1ccc(-c2nc(C(=O)O)cs2)cc1. The maximum Gasteiger partial charge on any atom is 0.355 e. The van der Waals surface area contributed by atoms with Gasteiger partial charge in [-0.3, -0.25) is 0 Å². The normalized spacial score (nSPS) is 10.2. The average molecular weight is 277 g/mol. The molecule has 0 atom stereocenters. The Bertz CT molecular complexity index is 603. The third kappa shape index (κ3) is 2.97. The molecule has 0 bridgehead atoms. The van der Waals surface area contributed by atoms with E-state index in [1.807, 2.05) is 0 Å². The van der Waals surface area contributed by atoms with Crippen LogP contribution in [0.15, 0.2) is 29.6 Å². The van der Waals surface area contributed by atoms with E-state index in [9.17, 15) is 9.59 Å². The van der Waals surface area contributed by atoms with Crippen molar-refractivity contribution in [2.24, 2.45) is 0 Å². The molecule has 0 unspecified atom stereocenters. The quantitative estimate of drug-likeness (QED) is 0.869. The Balaban J connectivity index is 2.22. The highest BCUT2D eigenvalue weighted by atomic mass is 32.1. The molecule has 0 fully saturated rings. The summed E-state index contributed by atoms with van der Waals surface area (Å²) in [4.78, 5) is 26.2. The zero-order valence-electron chi connectivity index (χ0n) is 10.1. The minimum Gasteiger partial charge on any atom is -0.476 e. The molecule has 0 aliphatic rings. The zero-order chi connectivity index (χ0) is 13.8. The number of carbonyl (C=O) groups excluding carboxylic acids is 1. The summed E-state index contributed by atoms with van der Waals surface area (Å²) in [5, 5.41) is 10.9. The molecule has 0 saturated carbocycles. The van der Waals surface area contributed by atoms with E-state index in [-0.39, 0.29) is 11.7 Å². The molecule has 98 valence electrons. The summed E-state index contributed by atoms with van der Waals surface area (Å²) in [5.74, 6) is -1.43. The van der Waals surface area contributed by atoms with E-state index in [0.717, 1.165) is 5.56 Å². The number of hydrogen-bond acceptors (Lipinski definition) is 5. The van der Waals surface area contributed by atoms with Crippen LogP contribution in [0, 0.1) is 0 Å². The van der Waals surface area contributed by atoms with Crippen LogP contribution >= 0.6 is 11.3 Å². The lowest BCUT2D eigenvalue weighted by Crippen LogP contribution is -2.04. The summed E-state index contributed by atoms with van der Waals surface area (Å²) in [6.45, 7) is 2.07. The molecule has 5 nitrogen and oxygen atoms in total. The van der Waals surface area contributed by atoms with Gasteiger partial charge in [0.05, 0.1) is 12.2 Å². The van der Waals surface area contributed by atoms with Crippen molar-refractivity contribution in [2.45, 2.75) is 6.92 Å². The van der Waals surface area contributed by atoms with Gasteiger partial charge in [0.25, 0.3) is 0 Å². The molecule has 1 aromatic carbocycles. The summed E-state index contributed by atoms with van der Waals surface area (Å²) < 4.78 is 4.88. The molecule has 1 heterocycles. The van der Waals surface area contributed by atoms with E-state index in [1.54, 1.807) is 31.2 Å². The van der Waals surface area contributed by atoms with Crippen molar-refractivity contribution < 1.29 is 19.4 Å². The third-order valence-corrected chi connectivity index (χ3v) is 3.26. The molecule has 1 aromatic heterocycles. The summed E-state index contributed by atoms with van der Waals surface area (Å²) >= 11 is 1.25. The van der Waals surface area contributed by atoms with E-state index in [1.165, 1.54) is 16.7 Å². The topological polar surface area (TPSA) is 76.5 Å². The van der Waals surface area contributed by atoms with Crippen LogP contribution < -0.4 is 0 Å². The molecule has 2 aromatic rings. The second-order valence-corrected chi connectivity index (χ2v) is 4.50. The van der Waals surface area contributed by atoms with Crippen molar-refractivity contribution in [3.63, 3.8) is 0 Å². The Morgan fingerprint density at radius 2 is 2.00 bits per heavy atom. The predicted octanol–water partition coefficient (Wildman–Crippen LogP) is 2.69. The molecule has 0 aliphatic carbocycles. The fourth-order valence-electron chi connectivity index (χ4n) is 1.47. The predicted molar refractivity (Wildman–Crippen MR) is 70.5 cm³/mol. The first-order valence-electron chi connectivity index (χ1n) is 5.58. The molecular formula is C13H11NO4S. The zero-order valence-corrected chi connectivity index (χ0v) is 10.9. The molecule has 0 spiro atoms. The van der Waals surface area contributed by atoms with Crippen molar-refractivity contribution >= 4 is 23.3 Å². The molecule has 0 amide bonds. The fourth-order valence-corrected chi connectivity index (χ4v) is 2.27. The highest BCUT2D eigenvalue weighted by Gasteiger charge is 2.11. The van der Waals surface area contributed by atoms with Crippen LogP contribution in [-0.4, -0.2) is 28.6 Å². The van der Waals surface area contributed by atoms with Crippen LogP contribution in [0.2, 0.25) is 0 Å². The standard InChI is InChI=1S/C13H11NO4S/c1-2-18-13(17)9-5-3-8(4-6-9)11-14-10(7-19-11)12(15)16/h3-7H,2H2,1H3,(H,15,16). The van der Waals surface area contributed by atoms with Crippen LogP contribution in [-0.2, 0) is 4.74 Å². The third-order valence-electron chi connectivity index (χ3n) is 2.37. The van der Waals surface area contributed by atoms with Crippen molar-refractivity contribution in [3.05, 3.63) is 40.9 Å². The highest BCUT2D eigenvalue weighted by Crippen LogP contribution is 2.24. The van der Waals surface area contributed by atoms with Gasteiger partial charge < -0.3 is 9.84 Å². The lowest BCUT2D eigenvalue weighted by molar-refractivity contribution is 0.0526. The van der Waals surface area contributed by atoms with Gasteiger partial charge in [-0.1, -0.05) is 12.1 Å². The number of carboxylic acid groups (broad SMARTS) is 1. The van der Waals surface area contributed by atoms with E-state index in [0.29, 0.717) is 17.2 Å². The number of aromatic nitrogens is 1. The smallest absolute Gasteiger partial charge is 0.355 e. The van der Waals surface area contributed by atoms with Gasteiger partial charge in [0.1, 0.15) is 5.01 Å². The van der Waals surface area contributed by atoms with Crippen LogP contribution in [0.3, 0.4) is 0 Å². The average Bonchev–Trinajstić information content (AvgIpc) is 2.89. The number of esters is 1. The molecule has 0 radical (unpaired) electrons. The second-order valence-electron chi connectivity index (χ2n) is 3.64. The Labute approximate surface area is 113 Å². The number of hydrogen-bond donors (Lipinski definition) is 1. The van der Waals surface area contributed by atoms with Gasteiger partial charge >= 0.3 is 11.9 Å². The van der Waals surface area contributed by atoms with Crippen LogP contribution in [0.1, 0.15) is 27.8 Å². The van der Waals surface area contributed by atoms with Crippen LogP contribution in [0.25, 0.3) is 10.6 Å². The Morgan fingerprint density at radius 1 is 1.32 bits per heavy atom. The molecule has 6 heteroatoms. The van der Waals surface area contributed by atoms with Crippen molar-refractivity contribution in [3.8, 4) is 10.6 Å². The van der Waals surface area contributed by atoms with Gasteiger partial charge in [-0.25, -0.2) is 14.6 Å². The minimum absolute atomic E-state index is 0.0227. The van der Waals surface area contributed by atoms with Gasteiger partial charge in [-0.05, 0) is 19.1 Å². The van der Waals surface area contributed by atoms with Gasteiger partial charge in [-0.2, -0.15) is 0 Å². The van der Waals surface area contributed by atoms with Crippen LogP contribution in [0.5, 0.6) is 0 Å². The van der Waals surface area contributed by atoms with E-state index in [4.69, 9.17) is 9.84 Å². The van der Waals surface area contributed by atoms with E-state index >= 15 is 0 Å². The Kier molecular flexibility index (Phi) is 3.91. The highest BCUT2D eigenvalue weighted by molar-refractivity contribution is 7.13. The molecule has 19 heavy (non-hydrogen) atoms. The van der Waals surface area contributed by atoms with Gasteiger partial charge in [-0.15, -0.1) is 11.3 Å². The number of rotatable bonds is 4. The first kappa shape index (κ1) is 13.2. The minimum atomic E-state index is -1.05. The number of thiazole rings is 1. The summed E-state index contributed by atoms with van der Waals surface area (Å²) in [6, 6.07) is 6.71. The van der Waals surface area contributed by atoms with Crippen molar-refractivity contribution in [1.29, 1.82) is 0 Å². The summed E-state index contributed by atoms with van der Waals surface area (Å²) in [7, 11) is 0. The first-order valence-corrected chi connectivity index (χ1v) is 6.46. The molecule has 0 aliphatic heterocycles. The fraction of sp³-hybridized carbons (Fsp3) is 0.154. The Morgan fingerprint density at radius 3 is 2.53 bits per heavy atom. The lowest BCUT2D eigenvalue weighted by atomic mass is 10.1. The number of carboxylic acids is 1. The molecule has 0 saturated heterocycles. The summed E-state index contributed by atoms with van der Waals surface area (Å²) in [6.07, 6.45) is 0. The number of nitrogens with zero attached hydrogens (tertiary/aromatic N) is 1.